The molecule has 0 spiro atoms. The van der Waals surface area contributed by atoms with Crippen LogP contribution in [0.3, 0.4) is 0 Å². The number of likely N-dealkylation sites (tertiary alicyclic amines) is 1. The molecule has 114 valence electrons. The van der Waals surface area contributed by atoms with Gasteiger partial charge >= 0.3 is 5.97 Å². The van der Waals surface area contributed by atoms with Crippen LogP contribution in [0, 0.1) is 11.8 Å². The highest BCUT2D eigenvalue weighted by atomic mass is 16.5. The SMILES string of the molecule is C/C=C/CCN=C(NCC)N1CC(C)C(C(=O)OC)C1. The van der Waals surface area contributed by atoms with Crippen molar-refractivity contribution in [1.29, 1.82) is 0 Å². The highest BCUT2D eigenvalue weighted by Crippen LogP contribution is 2.24. The topological polar surface area (TPSA) is 53.9 Å². The van der Waals surface area contributed by atoms with Gasteiger partial charge in [-0.15, -0.1) is 0 Å². The summed E-state index contributed by atoms with van der Waals surface area (Å²) in [6.45, 7) is 9.27. The van der Waals surface area contributed by atoms with Gasteiger partial charge in [0.2, 0.25) is 0 Å². The van der Waals surface area contributed by atoms with Crippen molar-refractivity contribution in [3.8, 4) is 0 Å². The number of methoxy groups -OCH3 is 1. The molecule has 0 aliphatic carbocycles. The predicted octanol–water partition coefficient (Wildman–Crippen LogP) is 1.66. The van der Waals surface area contributed by atoms with Gasteiger partial charge in [-0.05, 0) is 26.2 Å². The zero-order chi connectivity index (χ0) is 15.0. The Balaban J connectivity index is 2.66. The third-order valence-corrected chi connectivity index (χ3v) is 3.54. The molecule has 2 unspecified atom stereocenters. The Hall–Kier alpha value is -1.52. The predicted molar refractivity (Wildman–Crippen MR) is 81.7 cm³/mol. The van der Waals surface area contributed by atoms with E-state index in [9.17, 15) is 4.79 Å². The lowest BCUT2D eigenvalue weighted by molar-refractivity contribution is -0.145. The average molecular weight is 281 g/mol. The van der Waals surface area contributed by atoms with Gasteiger partial charge < -0.3 is 15.0 Å². The fourth-order valence-electron chi connectivity index (χ4n) is 2.44. The molecule has 5 nitrogen and oxygen atoms in total. The van der Waals surface area contributed by atoms with Crippen molar-refractivity contribution < 1.29 is 9.53 Å². The van der Waals surface area contributed by atoms with Gasteiger partial charge in [0.25, 0.3) is 0 Å². The van der Waals surface area contributed by atoms with Crippen molar-refractivity contribution in [3.05, 3.63) is 12.2 Å². The Morgan fingerprint density at radius 2 is 2.25 bits per heavy atom. The fraction of sp³-hybridized carbons (Fsp3) is 0.733. The van der Waals surface area contributed by atoms with E-state index in [-0.39, 0.29) is 11.9 Å². The maximum absolute atomic E-state index is 11.7. The van der Waals surface area contributed by atoms with E-state index < -0.39 is 0 Å². The smallest absolute Gasteiger partial charge is 0.310 e. The summed E-state index contributed by atoms with van der Waals surface area (Å²) in [5.41, 5.74) is 0. The van der Waals surface area contributed by atoms with Crippen molar-refractivity contribution in [2.75, 3.05) is 33.3 Å². The molecule has 0 radical (unpaired) electrons. The molecule has 1 saturated heterocycles. The molecular formula is C15H27N3O2. The minimum atomic E-state index is -0.121. The highest BCUT2D eigenvalue weighted by molar-refractivity contribution is 5.82. The summed E-state index contributed by atoms with van der Waals surface area (Å²) in [5, 5.41) is 3.30. The van der Waals surface area contributed by atoms with Crippen LogP contribution in [0.1, 0.15) is 27.2 Å². The van der Waals surface area contributed by atoms with Gasteiger partial charge in [-0.25, -0.2) is 0 Å². The number of ether oxygens (including phenoxy) is 1. The van der Waals surface area contributed by atoms with E-state index in [0.717, 1.165) is 32.0 Å². The second kappa shape index (κ2) is 8.61. The molecule has 1 heterocycles. The lowest BCUT2D eigenvalue weighted by atomic mass is 9.99. The van der Waals surface area contributed by atoms with E-state index in [0.29, 0.717) is 12.5 Å². The van der Waals surface area contributed by atoms with E-state index >= 15 is 0 Å². The van der Waals surface area contributed by atoms with Gasteiger partial charge in [-0.3, -0.25) is 9.79 Å². The minimum absolute atomic E-state index is 0.0561. The molecule has 0 aromatic rings. The monoisotopic (exact) mass is 281 g/mol. The summed E-state index contributed by atoms with van der Waals surface area (Å²) < 4.78 is 4.87. The molecule has 1 fully saturated rings. The maximum atomic E-state index is 11.7. The number of nitrogens with zero attached hydrogens (tertiary/aromatic N) is 2. The third kappa shape index (κ3) is 4.54. The molecule has 0 saturated carbocycles. The number of carbonyl (C=O) groups is 1. The molecule has 5 heteroatoms. The molecule has 0 aromatic carbocycles. The molecule has 0 bridgehead atoms. The average Bonchev–Trinajstić information content (AvgIpc) is 2.83. The second-order valence-corrected chi connectivity index (χ2v) is 5.11. The highest BCUT2D eigenvalue weighted by Gasteiger charge is 2.36. The van der Waals surface area contributed by atoms with Gasteiger partial charge in [0.15, 0.2) is 5.96 Å². The van der Waals surface area contributed by atoms with Crippen LogP contribution < -0.4 is 5.32 Å². The van der Waals surface area contributed by atoms with E-state index in [1.807, 2.05) is 13.0 Å². The molecule has 20 heavy (non-hydrogen) atoms. The number of carbonyl (C=O) groups excluding carboxylic acids is 1. The number of esters is 1. The van der Waals surface area contributed by atoms with Crippen LogP contribution >= 0.6 is 0 Å². The normalized spacial score (nSPS) is 23.4. The van der Waals surface area contributed by atoms with E-state index in [1.165, 1.54) is 7.11 Å². The van der Waals surface area contributed by atoms with Gasteiger partial charge in [-0.2, -0.15) is 0 Å². The van der Waals surface area contributed by atoms with Crippen molar-refractivity contribution >= 4 is 11.9 Å². The standard InChI is InChI=1S/C15H27N3O2/c1-5-7-8-9-17-15(16-6-2)18-10-12(3)13(11-18)14(19)20-4/h5,7,12-13H,6,8-11H2,1-4H3,(H,16,17)/b7-5+. The van der Waals surface area contributed by atoms with Crippen molar-refractivity contribution in [1.82, 2.24) is 10.2 Å². The largest absolute Gasteiger partial charge is 0.469 e. The molecule has 1 N–H and O–H groups in total. The Kier molecular flexibility index (Phi) is 7.12. The lowest BCUT2D eigenvalue weighted by Gasteiger charge is -2.21. The molecule has 0 aromatic heterocycles. The van der Waals surface area contributed by atoms with Crippen LogP contribution in [0.15, 0.2) is 17.1 Å². The Morgan fingerprint density at radius 3 is 2.85 bits per heavy atom. The molecule has 0 amide bonds. The van der Waals surface area contributed by atoms with Crippen LogP contribution in [-0.2, 0) is 9.53 Å². The summed E-state index contributed by atoms with van der Waals surface area (Å²) in [5.74, 6) is 1.02. The molecule has 2 atom stereocenters. The lowest BCUT2D eigenvalue weighted by Crippen LogP contribution is -2.40. The third-order valence-electron chi connectivity index (χ3n) is 3.54. The van der Waals surface area contributed by atoms with Crippen LogP contribution in [0.2, 0.25) is 0 Å². The summed E-state index contributed by atoms with van der Waals surface area (Å²) in [6.07, 6.45) is 5.08. The van der Waals surface area contributed by atoms with Gasteiger partial charge in [0, 0.05) is 26.2 Å². The Morgan fingerprint density at radius 1 is 1.50 bits per heavy atom. The zero-order valence-electron chi connectivity index (χ0n) is 13.1. The van der Waals surface area contributed by atoms with Crippen LogP contribution in [0.5, 0.6) is 0 Å². The van der Waals surface area contributed by atoms with Crippen molar-refractivity contribution in [2.24, 2.45) is 16.8 Å². The number of hydrogen-bond donors (Lipinski definition) is 1. The molecular weight excluding hydrogens is 254 g/mol. The van der Waals surface area contributed by atoms with Gasteiger partial charge in [0.1, 0.15) is 0 Å². The summed E-state index contributed by atoms with van der Waals surface area (Å²) >= 11 is 0. The van der Waals surface area contributed by atoms with E-state index in [1.54, 1.807) is 0 Å². The Bertz CT molecular complexity index is 366. The first-order valence-electron chi connectivity index (χ1n) is 7.36. The number of guanidine groups is 1. The van der Waals surface area contributed by atoms with Crippen LogP contribution in [0.25, 0.3) is 0 Å². The molecule has 1 aliphatic heterocycles. The fourth-order valence-corrected chi connectivity index (χ4v) is 2.44. The number of rotatable bonds is 5. The Labute approximate surface area is 122 Å². The quantitative estimate of drug-likeness (QED) is 0.274. The zero-order valence-corrected chi connectivity index (χ0v) is 13.1. The van der Waals surface area contributed by atoms with Gasteiger partial charge in [-0.1, -0.05) is 19.1 Å². The number of hydrogen-bond acceptors (Lipinski definition) is 3. The van der Waals surface area contributed by atoms with Crippen molar-refractivity contribution in [3.63, 3.8) is 0 Å². The molecule has 1 aliphatic rings. The van der Waals surface area contributed by atoms with Crippen LogP contribution in [0.4, 0.5) is 0 Å². The van der Waals surface area contributed by atoms with Crippen LogP contribution in [-0.4, -0.2) is 50.1 Å². The first kappa shape index (κ1) is 16.5. The first-order chi connectivity index (χ1) is 9.63. The second-order valence-electron chi connectivity index (χ2n) is 5.11. The first-order valence-corrected chi connectivity index (χ1v) is 7.36. The van der Waals surface area contributed by atoms with E-state index in [2.05, 4.69) is 35.1 Å². The van der Waals surface area contributed by atoms with Gasteiger partial charge in [0.05, 0.1) is 13.0 Å². The maximum Gasteiger partial charge on any atom is 0.310 e. The number of aliphatic imine (C=N–C) groups is 1. The number of allylic oxidation sites excluding steroid dienone is 1. The van der Waals surface area contributed by atoms with E-state index in [4.69, 9.17) is 4.74 Å². The minimum Gasteiger partial charge on any atom is -0.469 e. The summed E-state index contributed by atoms with van der Waals surface area (Å²) in [6, 6.07) is 0. The molecule has 1 rings (SSSR count). The summed E-state index contributed by atoms with van der Waals surface area (Å²) in [7, 11) is 1.45. The summed E-state index contributed by atoms with van der Waals surface area (Å²) in [4.78, 5) is 18.5. The van der Waals surface area contributed by atoms with Crippen molar-refractivity contribution in [2.45, 2.75) is 27.2 Å². The number of nitrogens with one attached hydrogen (secondary N) is 1.